The molecule has 1 N–H and O–H groups in total. The summed E-state index contributed by atoms with van der Waals surface area (Å²) in [6.07, 6.45) is 1.27. The van der Waals surface area contributed by atoms with Crippen LogP contribution >= 0.6 is 0 Å². The molecule has 0 aromatic heterocycles. The molecule has 1 aromatic carbocycles. The lowest BCUT2D eigenvalue weighted by Gasteiger charge is -2.36. The Bertz CT molecular complexity index is 700. The monoisotopic (exact) mass is 385 g/mol. The molecule has 2 amide bonds. The average Bonchev–Trinajstić information content (AvgIpc) is 3.14. The molecule has 7 heteroatoms. The van der Waals surface area contributed by atoms with Crippen molar-refractivity contribution in [2.24, 2.45) is 4.99 Å². The van der Waals surface area contributed by atoms with Crippen LogP contribution in [0.25, 0.3) is 0 Å². The molecule has 0 aliphatic carbocycles. The summed E-state index contributed by atoms with van der Waals surface area (Å²) >= 11 is 0. The summed E-state index contributed by atoms with van der Waals surface area (Å²) in [4.78, 5) is 34.7. The Morgan fingerprint density at radius 1 is 1.00 bits per heavy atom. The molecule has 0 saturated carbocycles. The van der Waals surface area contributed by atoms with Crippen molar-refractivity contribution in [3.05, 3.63) is 35.4 Å². The fourth-order valence-electron chi connectivity index (χ4n) is 3.74. The first kappa shape index (κ1) is 20.2. The van der Waals surface area contributed by atoms with Gasteiger partial charge in [-0.05, 0) is 24.5 Å². The van der Waals surface area contributed by atoms with E-state index in [1.807, 2.05) is 21.9 Å². The number of carbonyl (C=O) groups excluding carboxylic acids is 2. The van der Waals surface area contributed by atoms with Gasteiger partial charge < -0.3 is 20.0 Å². The van der Waals surface area contributed by atoms with E-state index in [0.29, 0.717) is 13.0 Å². The number of nitrogens with zero attached hydrogens (tertiary/aromatic N) is 4. The highest BCUT2D eigenvalue weighted by Gasteiger charge is 2.23. The van der Waals surface area contributed by atoms with Gasteiger partial charge >= 0.3 is 0 Å². The van der Waals surface area contributed by atoms with Crippen LogP contribution in [0.1, 0.15) is 37.8 Å². The molecule has 7 nitrogen and oxygen atoms in total. The van der Waals surface area contributed by atoms with Crippen LogP contribution in [0.3, 0.4) is 0 Å². The molecule has 152 valence electrons. The maximum Gasteiger partial charge on any atom is 0.223 e. The third-order valence-corrected chi connectivity index (χ3v) is 5.36. The van der Waals surface area contributed by atoms with Gasteiger partial charge in [-0.15, -0.1) is 0 Å². The van der Waals surface area contributed by atoms with Gasteiger partial charge in [-0.3, -0.25) is 14.6 Å². The zero-order valence-corrected chi connectivity index (χ0v) is 17.0. The first-order valence-electron chi connectivity index (χ1n) is 10.2. The van der Waals surface area contributed by atoms with Gasteiger partial charge in [-0.25, -0.2) is 0 Å². The van der Waals surface area contributed by atoms with Gasteiger partial charge in [0.1, 0.15) is 0 Å². The van der Waals surface area contributed by atoms with E-state index < -0.39 is 0 Å². The zero-order chi connectivity index (χ0) is 19.9. The number of hydrogen-bond acceptors (Lipinski definition) is 3. The number of aliphatic imine (C=N–C) groups is 1. The molecule has 2 aliphatic rings. The number of carbonyl (C=O) groups is 2. The molecule has 0 spiro atoms. The number of rotatable bonds is 5. The molecule has 0 radical (unpaired) electrons. The standard InChI is InChI=1S/C21H31N5O2/c1-3-22-21(25-13-11-24(12-14-25)17(2)27)23-10-6-9-20(28)26-15-18-7-4-5-8-19(18)16-26/h4-5,7-8H,3,6,9-16H2,1-2H3,(H,22,23). The second-order valence-corrected chi connectivity index (χ2v) is 7.35. The van der Waals surface area contributed by atoms with Crippen LogP contribution in [-0.4, -0.2) is 71.7 Å². The van der Waals surface area contributed by atoms with Gasteiger partial charge in [-0.1, -0.05) is 24.3 Å². The highest BCUT2D eigenvalue weighted by molar-refractivity contribution is 5.81. The van der Waals surface area contributed by atoms with Gasteiger partial charge in [0, 0.05) is 65.7 Å². The third-order valence-electron chi connectivity index (χ3n) is 5.36. The van der Waals surface area contributed by atoms with Gasteiger partial charge in [0.15, 0.2) is 5.96 Å². The molecule has 2 aliphatic heterocycles. The predicted octanol–water partition coefficient (Wildman–Crippen LogP) is 1.44. The minimum absolute atomic E-state index is 0.129. The minimum Gasteiger partial charge on any atom is -0.357 e. The fourth-order valence-corrected chi connectivity index (χ4v) is 3.74. The second kappa shape index (κ2) is 9.57. The molecular weight excluding hydrogens is 354 g/mol. The van der Waals surface area contributed by atoms with E-state index in [4.69, 9.17) is 4.99 Å². The van der Waals surface area contributed by atoms with E-state index in [1.165, 1.54) is 11.1 Å². The molecule has 1 saturated heterocycles. The summed E-state index contributed by atoms with van der Waals surface area (Å²) in [6, 6.07) is 8.25. The topological polar surface area (TPSA) is 68.2 Å². The Morgan fingerprint density at radius 3 is 2.18 bits per heavy atom. The quantitative estimate of drug-likeness (QED) is 0.473. The summed E-state index contributed by atoms with van der Waals surface area (Å²) in [5, 5.41) is 3.33. The molecule has 1 fully saturated rings. The maximum absolute atomic E-state index is 12.5. The first-order chi connectivity index (χ1) is 13.6. The molecule has 1 aromatic rings. The summed E-state index contributed by atoms with van der Waals surface area (Å²) < 4.78 is 0. The number of nitrogens with one attached hydrogen (secondary N) is 1. The van der Waals surface area contributed by atoms with E-state index >= 15 is 0 Å². The SMILES string of the molecule is CCNC(=NCCCC(=O)N1Cc2ccccc2C1)N1CCN(C(C)=O)CC1. The van der Waals surface area contributed by atoms with Crippen molar-refractivity contribution in [2.45, 2.75) is 39.8 Å². The van der Waals surface area contributed by atoms with E-state index in [9.17, 15) is 9.59 Å². The van der Waals surface area contributed by atoms with Gasteiger partial charge in [0.2, 0.25) is 11.8 Å². The Balaban J connectivity index is 1.44. The third kappa shape index (κ3) is 5.03. The Hall–Kier alpha value is -2.57. The normalized spacial score (nSPS) is 16.9. The number of benzene rings is 1. The van der Waals surface area contributed by atoms with Crippen LogP contribution < -0.4 is 5.32 Å². The summed E-state index contributed by atoms with van der Waals surface area (Å²) in [7, 11) is 0. The van der Waals surface area contributed by atoms with Crippen molar-refractivity contribution >= 4 is 17.8 Å². The number of fused-ring (bicyclic) bond motifs is 1. The number of amides is 2. The highest BCUT2D eigenvalue weighted by atomic mass is 16.2. The minimum atomic E-state index is 0.129. The Labute approximate surface area is 167 Å². The largest absolute Gasteiger partial charge is 0.357 e. The maximum atomic E-state index is 12.5. The van der Waals surface area contributed by atoms with Crippen molar-refractivity contribution in [3.8, 4) is 0 Å². The van der Waals surface area contributed by atoms with E-state index in [1.54, 1.807) is 6.92 Å². The first-order valence-corrected chi connectivity index (χ1v) is 10.2. The lowest BCUT2D eigenvalue weighted by molar-refractivity contribution is -0.132. The lowest BCUT2D eigenvalue weighted by Crippen LogP contribution is -2.53. The molecular formula is C21H31N5O2. The molecule has 0 bridgehead atoms. The van der Waals surface area contributed by atoms with E-state index in [2.05, 4.69) is 29.3 Å². The number of piperazine rings is 1. The van der Waals surface area contributed by atoms with Crippen molar-refractivity contribution in [1.29, 1.82) is 0 Å². The van der Waals surface area contributed by atoms with E-state index in [0.717, 1.165) is 58.2 Å². The predicted molar refractivity (Wildman–Crippen MR) is 110 cm³/mol. The molecule has 0 unspecified atom stereocenters. The summed E-state index contributed by atoms with van der Waals surface area (Å²) in [5.74, 6) is 1.21. The Kier molecular flexibility index (Phi) is 6.90. The van der Waals surface area contributed by atoms with Crippen molar-refractivity contribution in [3.63, 3.8) is 0 Å². The summed E-state index contributed by atoms with van der Waals surface area (Å²) in [6.45, 7) is 9.58. The van der Waals surface area contributed by atoms with Crippen molar-refractivity contribution < 1.29 is 9.59 Å². The average molecular weight is 386 g/mol. The van der Waals surface area contributed by atoms with Crippen LogP contribution in [0.4, 0.5) is 0 Å². The van der Waals surface area contributed by atoms with Crippen LogP contribution in [0.5, 0.6) is 0 Å². The Morgan fingerprint density at radius 2 is 1.61 bits per heavy atom. The van der Waals surface area contributed by atoms with Gasteiger partial charge in [0.05, 0.1) is 0 Å². The van der Waals surface area contributed by atoms with Crippen molar-refractivity contribution in [2.75, 3.05) is 39.3 Å². The lowest BCUT2D eigenvalue weighted by atomic mass is 10.1. The number of guanidine groups is 1. The van der Waals surface area contributed by atoms with Gasteiger partial charge in [0.25, 0.3) is 0 Å². The molecule has 28 heavy (non-hydrogen) atoms. The smallest absolute Gasteiger partial charge is 0.223 e. The highest BCUT2D eigenvalue weighted by Crippen LogP contribution is 2.22. The molecule has 2 heterocycles. The zero-order valence-electron chi connectivity index (χ0n) is 17.0. The van der Waals surface area contributed by atoms with Crippen LogP contribution in [0.15, 0.2) is 29.3 Å². The van der Waals surface area contributed by atoms with Crippen LogP contribution in [-0.2, 0) is 22.7 Å². The molecule has 0 atom stereocenters. The molecule has 3 rings (SSSR count). The number of hydrogen-bond donors (Lipinski definition) is 1. The van der Waals surface area contributed by atoms with Crippen LogP contribution in [0.2, 0.25) is 0 Å². The van der Waals surface area contributed by atoms with E-state index in [-0.39, 0.29) is 11.8 Å². The summed E-state index contributed by atoms with van der Waals surface area (Å²) in [5.41, 5.74) is 2.51. The van der Waals surface area contributed by atoms with Gasteiger partial charge in [-0.2, -0.15) is 0 Å². The second-order valence-electron chi connectivity index (χ2n) is 7.35. The fraction of sp³-hybridized carbons (Fsp3) is 0.571. The van der Waals surface area contributed by atoms with Crippen LogP contribution in [0, 0.1) is 0 Å². The van der Waals surface area contributed by atoms with Crippen molar-refractivity contribution in [1.82, 2.24) is 20.0 Å².